The molecule has 29 heavy (non-hydrogen) atoms. The van der Waals surface area contributed by atoms with Gasteiger partial charge in [-0.3, -0.25) is 10.1 Å². The van der Waals surface area contributed by atoms with Crippen LogP contribution in [0.2, 0.25) is 0 Å². The van der Waals surface area contributed by atoms with Crippen molar-refractivity contribution in [2.45, 2.75) is 44.9 Å². The van der Waals surface area contributed by atoms with E-state index in [0.717, 1.165) is 6.42 Å². The molecule has 0 amide bonds. The molecular formula is C20H26N2O7. The number of benzene rings is 1. The van der Waals surface area contributed by atoms with Crippen LogP contribution in [0, 0.1) is 10.1 Å². The molecule has 0 saturated heterocycles. The fraction of sp³-hybridized carbons (Fsp3) is 0.500. The van der Waals surface area contributed by atoms with E-state index in [4.69, 9.17) is 14.2 Å². The topological polar surface area (TPSA) is 120 Å². The predicted molar refractivity (Wildman–Crippen MR) is 105 cm³/mol. The number of nitrogens with one attached hydrogen (secondary N) is 1. The SMILES string of the molecule is CCCOC(=CN[C@@H]1c2cc([N+](=O)[O-])ccc2OC(C)(C)[C@H]1O)COCC=C=O. The van der Waals surface area contributed by atoms with E-state index in [1.807, 2.05) is 6.92 Å². The monoisotopic (exact) mass is 406 g/mol. The minimum atomic E-state index is -0.986. The van der Waals surface area contributed by atoms with Crippen LogP contribution >= 0.6 is 0 Å². The highest BCUT2D eigenvalue weighted by atomic mass is 16.6. The number of aliphatic hydroxyl groups is 1. The highest BCUT2D eigenvalue weighted by molar-refractivity contribution is 5.48. The first-order chi connectivity index (χ1) is 13.8. The molecule has 0 fully saturated rings. The van der Waals surface area contributed by atoms with E-state index >= 15 is 0 Å². The Hall–Kier alpha value is -2.87. The molecule has 0 bridgehead atoms. The summed E-state index contributed by atoms with van der Waals surface area (Å²) in [5, 5.41) is 25.1. The Bertz CT molecular complexity index is 800. The molecule has 1 heterocycles. The molecule has 158 valence electrons. The maximum absolute atomic E-state index is 11.2. The molecule has 1 aliphatic heterocycles. The van der Waals surface area contributed by atoms with E-state index in [-0.39, 0.29) is 18.9 Å². The number of fused-ring (bicyclic) bond motifs is 1. The summed E-state index contributed by atoms with van der Waals surface area (Å²) in [6, 6.07) is 3.62. The lowest BCUT2D eigenvalue weighted by atomic mass is 9.86. The fourth-order valence-corrected chi connectivity index (χ4v) is 2.87. The largest absolute Gasteiger partial charge is 0.494 e. The summed E-state index contributed by atoms with van der Waals surface area (Å²) in [7, 11) is 0. The minimum absolute atomic E-state index is 0.0955. The standard InChI is InChI=1S/C20H26N2O7/c1-4-9-28-15(13-27-10-5-8-23)12-21-18-16-11-14(22(25)26)6-7-17(16)29-20(2,3)19(18)24/h5-7,11-12,18-19,21,24H,4,9-10,13H2,1-3H3/t18-,19+/m1/s1. The average Bonchev–Trinajstić information content (AvgIpc) is 2.68. The van der Waals surface area contributed by atoms with Gasteiger partial charge in [0.15, 0.2) is 0 Å². The number of ether oxygens (including phenoxy) is 3. The second-order valence-electron chi connectivity index (χ2n) is 7.07. The van der Waals surface area contributed by atoms with Crippen LogP contribution in [0.3, 0.4) is 0 Å². The Morgan fingerprint density at radius 2 is 2.24 bits per heavy atom. The molecule has 0 spiro atoms. The maximum atomic E-state index is 11.2. The molecule has 0 aromatic heterocycles. The van der Waals surface area contributed by atoms with Crippen molar-refractivity contribution in [2.75, 3.05) is 19.8 Å². The number of hydrogen-bond acceptors (Lipinski definition) is 8. The van der Waals surface area contributed by atoms with Crippen molar-refractivity contribution >= 4 is 11.6 Å². The Morgan fingerprint density at radius 1 is 1.48 bits per heavy atom. The number of nitro groups is 1. The van der Waals surface area contributed by atoms with Gasteiger partial charge in [0.25, 0.3) is 5.69 Å². The third-order valence-electron chi connectivity index (χ3n) is 4.38. The molecule has 2 rings (SSSR count). The Kier molecular flexibility index (Phi) is 7.78. The van der Waals surface area contributed by atoms with E-state index < -0.39 is 22.7 Å². The van der Waals surface area contributed by atoms with E-state index in [0.29, 0.717) is 23.7 Å². The lowest BCUT2D eigenvalue weighted by Crippen LogP contribution is -2.51. The molecule has 0 saturated carbocycles. The number of hydrogen-bond donors (Lipinski definition) is 2. The number of nitro benzene ring substituents is 1. The van der Waals surface area contributed by atoms with Crippen molar-refractivity contribution in [2.24, 2.45) is 0 Å². The van der Waals surface area contributed by atoms with Gasteiger partial charge in [0.1, 0.15) is 35.8 Å². The van der Waals surface area contributed by atoms with Gasteiger partial charge in [-0.05, 0) is 26.3 Å². The number of rotatable bonds is 10. The zero-order valence-electron chi connectivity index (χ0n) is 16.7. The quantitative estimate of drug-likeness (QED) is 0.200. The summed E-state index contributed by atoms with van der Waals surface area (Å²) in [5.41, 5.74) is -0.534. The highest BCUT2D eigenvalue weighted by Crippen LogP contribution is 2.41. The van der Waals surface area contributed by atoms with Gasteiger partial charge in [0, 0.05) is 30.0 Å². The van der Waals surface area contributed by atoms with Crippen molar-refractivity contribution in [1.82, 2.24) is 5.32 Å². The molecule has 1 aromatic rings. The van der Waals surface area contributed by atoms with Crippen LogP contribution in [-0.2, 0) is 14.3 Å². The number of aliphatic hydroxyl groups excluding tert-OH is 1. The first-order valence-corrected chi connectivity index (χ1v) is 9.30. The van der Waals surface area contributed by atoms with Crippen LogP contribution in [0.1, 0.15) is 38.8 Å². The highest BCUT2D eigenvalue weighted by Gasteiger charge is 2.43. The van der Waals surface area contributed by atoms with Crippen molar-refractivity contribution in [3.05, 3.63) is 51.9 Å². The van der Waals surface area contributed by atoms with Crippen LogP contribution in [0.15, 0.2) is 36.2 Å². The molecule has 2 atom stereocenters. The molecule has 0 radical (unpaired) electrons. The van der Waals surface area contributed by atoms with Gasteiger partial charge in [-0.2, -0.15) is 0 Å². The molecule has 2 N–H and O–H groups in total. The maximum Gasteiger partial charge on any atom is 0.270 e. The Balaban J connectivity index is 2.29. The van der Waals surface area contributed by atoms with Crippen LogP contribution in [0.4, 0.5) is 5.69 Å². The van der Waals surface area contributed by atoms with Crippen molar-refractivity contribution in [3.63, 3.8) is 0 Å². The van der Waals surface area contributed by atoms with Crippen LogP contribution in [-0.4, -0.2) is 47.5 Å². The van der Waals surface area contributed by atoms with E-state index in [9.17, 15) is 20.0 Å². The van der Waals surface area contributed by atoms with Gasteiger partial charge in [0.2, 0.25) is 0 Å². The van der Waals surface area contributed by atoms with Gasteiger partial charge in [0.05, 0.1) is 24.2 Å². The van der Waals surface area contributed by atoms with E-state index in [2.05, 4.69) is 5.32 Å². The Morgan fingerprint density at radius 3 is 2.90 bits per heavy atom. The Labute approximate surface area is 169 Å². The van der Waals surface area contributed by atoms with Gasteiger partial charge < -0.3 is 24.6 Å². The van der Waals surface area contributed by atoms with Gasteiger partial charge >= 0.3 is 0 Å². The zero-order valence-corrected chi connectivity index (χ0v) is 16.7. The normalized spacial score (nSPS) is 20.1. The molecule has 9 heteroatoms. The van der Waals surface area contributed by atoms with Crippen molar-refractivity contribution in [3.8, 4) is 5.75 Å². The summed E-state index contributed by atoms with van der Waals surface area (Å²) in [6.07, 6.45) is 2.58. The number of carbonyl (C=O) groups excluding carboxylic acids is 1. The van der Waals surface area contributed by atoms with Crippen molar-refractivity contribution in [1.29, 1.82) is 0 Å². The molecule has 1 aromatic carbocycles. The first kappa shape index (κ1) is 22.4. The molecule has 1 aliphatic rings. The van der Waals surface area contributed by atoms with Crippen LogP contribution < -0.4 is 10.1 Å². The molecule has 0 aliphatic carbocycles. The predicted octanol–water partition coefficient (Wildman–Crippen LogP) is 2.43. The summed E-state index contributed by atoms with van der Waals surface area (Å²) in [4.78, 5) is 20.9. The molecular weight excluding hydrogens is 380 g/mol. The van der Waals surface area contributed by atoms with Gasteiger partial charge in [-0.15, -0.1) is 0 Å². The lowest BCUT2D eigenvalue weighted by molar-refractivity contribution is -0.385. The third kappa shape index (κ3) is 5.80. The van der Waals surface area contributed by atoms with Crippen LogP contribution in [0.25, 0.3) is 0 Å². The lowest BCUT2D eigenvalue weighted by Gasteiger charge is -2.42. The second-order valence-corrected chi connectivity index (χ2v) is 7.07. The number of nitrogens with zero attached hydrogens (tertiary/aromatic N) is 1. The summed E-state index contributed by atoms with van der Waals surface area (Å²) in [6.45, 7) is 6.10. The van der Waals surface area contributed by atoms with E-state index in [1.54, 1.807) is 26.0 Å². The molecule has 0 unspecified atom stereocenters. The summed E-state index contributed by atoms with van der Waals surface area (Å²) >= 11 is 0. The second kappa shape index (κ2) is 10.1. The zero-order chi connectivity index (χ0) is 21.4. The summed E-state index contributed by atoms with van der Waals surface area (Å²) in [5.74, 6) is 2.56. The van der Waals surface area contributed by atoms with Crippen LogP contribution in [0.5, 0.6) is 5.75 Å². The minimum Gasteiger partial charge on any atom is -0.494 e. The first-order valence-electron chi connectivity index (χ1n) is 9.30. The van der Waals surface area contributed by atoms with Gasteiger partial charge in [-0.25, -0.2) is 4.79 Å². The summed E-state index contributed by atoms with van der Waals surface area (Å²) < 4.78 is 16.8. The number of non-ortho nitro benzene ring substituents is 1. The average molecular weight is 406 g/mol. The van der Waals surface area contributed by atoms with E-state index in [1.165, 1.54) is 24.3 Å². The molecule has 9 nitrogen and oxygen atoms in total. The third-order valence-corrected chi connectivity index (χ3v) is 4.38. The smallest absolute Gasteiger partial charge is 0.270 e. The van der Waals surface area contributed by atoms with Crippen molar-refractivity contribution < 1.29 is 29.0 Å². The fourth-order valence-electron chi connectivity index (χ4n) is 2.87. The van der Waals surface area contributed by atoms with Gasteiger partial charge in [-0.1, -0.05) is 6.92 Å².